The minimum Gasteiger partial charge on any atom is -0.374 e. The predicted molar refractivity (Wildman–Crippen MR) is 221 cm³/mol. The number of imide groups is 1. The smallest absolute Gasteiger partial charge is 0.274 e. The van der Waals surface area contributed by atoms with Gasteiger partial charge in [-0.2, -0.15) is 5.10 Å². The fourth-order valence-corrected chi connectivity index (χ4v) is 8.75. The van der Waals surface area contributed by atoms with Gasteiger partial charge >= 0.3 is 0 Å². The highest BCUT2D eigenvalue weighted by Crippen LogP contribution is 2.27. The van der Waals surface area contributed by atoms with E-state index in [0.29, 0.717) is 49.0 Å². The zero-order chi connectivity index (χ0) is 39.8. The molecule has 58 heavy (non-hydrogen) atoms. The molecule has 7 heterocycles. The van der Waals surface area contributed by atoms with Crippen LogP contribution in [0.3, 0.4) is 0 Å². The Hall–Kier alpha value is -6.06. The largest absolute Gasteiger partial charge is 0.374 e. The van der Waals surface area contributed by atoms with E-state index in [1.54, 1.807) is 12.3 Å². The molecule has 4 aliphatic rings. The number of piperidine rings is 2. The number of piperazine rings is 1. The molecule has 3 fully saturated rings. The summed E-state index contributed by atoms with van der Waals surface area (Å²) in [5, 5.41) is 16.8. The molecule has 2 aromatic carbocycles. The maximum atomic E-state index is 13.2. The van der Waals surface area contributed by atoms with Crippen LogP contribution >= 0.6 is 0 Å². The molecule has 3 saturated heterocycles. The van der Waals surface area contributed by atoms with Crippen LogP contribution in [0.5, 0.6) is 0 Å². The Bertz CT molecular complexity index is 2320. The van der Waals surface area contributed by atoms with Crippen LogP contribution in [0.4, 0.5) is 17.1 Å². The van der Waals surface area contributed by atoms with E-state index in [9.17, 15) is 19.2 Å². The van der Waals surface area contributed by atoms with Gasteiger partial charge < -0.3 is 25.4 Å². The van der Waals surface area contributed by atoms with Crippen molar-refractivity contribution in [2.75, 3.05) is 61.3 Å². The lowest BCUT2D eigenvalue weighted by Gasteiger charge is -2.43. The molecule has 0 aliphatic carbocycles. The monoisotopic (exact) mass is 783 g/mol. The van der Waals surface area contributed by atoms with Crippen LogP contribution in [0.25, 0.3) is 11.0 Å². The third-order valence-electron chi connectivity index (χ3n) is 12.0. The number of carbonyl (C=O) groups is 4. The Morgan fingerprint density at radius 2 is 1.59 bits per heavy atom. The molecule has 4 amide bonds. The van der Waals surface area contributed by atoms with E-state index in [4.69, 9.17) is 0 Å². The molecule has 15 nitrogen and oxygen atoms in total. The van der Waals surface area contributed by atoms with E-state index < -0.39 is 0 Å². The number of hydrogen-bond donors (Lipinski definition) is 4. The van der Waals surface area contributed by atoms with E-state index in [1.165, 1.54) is 11.3 Å². The molecular formula is C43H49N11O4. The molecule has 0 radical (unpaired) electrons. The summed E-state index contributed by atoms with van der Waals surface area (Å²) in [6.07, 6.45) is 6.65. The van der Waals surface area contributed by atoms with Gasteiger partial charge in [0.25, 0.3) is 11.8 Å². The van der Waals surface area contributed by atoms with Gasteiger partial charge in [-0.05, 0) is 79.8 Å². The molecule has 9 rings (SSSR count). The fraction of sp³-hybridized carbons (Fsp3) is 0.395. The zero-order valence-corrected chi connectivity index (χ0v) is 32.7. The van der Waals surface area contributed by atoms with Gasteiger partial charge in [0.1, 0.15) is 23.1 Å². The first-order valence-electron chi connectivity index (χ1n) is 20.4. The number of pyridine rings is 1. The molecule has 5 aromatic rings. The van der Waals surface area contributed by atoms with E-state index >= 15 is 0 Å². The van der Waals surface area contributed by atoms with Crippen LogP contribution in [0, 0.1) is 0 Å². The predicted octanol–water partition coefficient (Wildman–Crippen LogP) is 3.84. The van der Waals surface area contributed by atoms with Crippen LogP contribution in [0.1, 0.15) is 70.8 Å². The average molecular weight is 784 g/mol. The number of carbonyl (C=O) groups excluding carboxylic acids is 4. The summed E-state index contributed by atoms with van der Waals surface area (Å²) in [4.78, 5) is 61.4. The highest BCUT2D eigenvalue weighted by Gasteiger charge is 2.29. The molecule has 2 atom stereocenters. The van der Waals surface area contributed by atoms with Crippen molar-refractivity contribution >= 4 is 51.7 Å². The molecule has 1 unspecified atom stereocenters. The lowest BCUT2D eigenvalue weighted by Crippen LogP contribution is -2.53. The SMILES string of the molecule is C[C@@H]1CNC(=O)c2cc3ccc(C(=O)Nc4cnn(Cc5ccc(N6CCC(N7CCN(Cc8ccc(NC9CCC(=O)NC9=O)cc8)CC7)CC6)cc5)c4)nc3n21. The number of anilines is 3. The highest BCUT2D eigenvalue weighted by atomic mass is 16.2. The summed E-state index contributed by atoms with van der Waals surface area (Å²) in [7, 11) is 0. The van der Waals surface area contributed by atoms with E-state index in [2.05, 4.69) is 82.4 Å². The van der Waals surface area contributed by atoms with Gasteiger partial charge in [0.15, 0.2) is 0 Å². The Morgan fingerprint density at radius 1 is 0.845 bits per heavy atom. The number of aromatic nitrogens is 4. The third kappa shape index (κ3) is 8.04. The Balaban J connectivity index is 0.711. The topological polar surface area (TPSA) is 162 Å². The van der Waals surface area contributed by atoms with E-state index in [0.717, 1.165) is 75.3 Å². The summed E-state index contributed by atoms with van der Waals surface area (Å²) < 4.78 is 3.72. The van der Waals surface area contributed by atoms with Crippen LogP contribution < -0.4 is 26.2 Å². The van der Waals surface area contributed by atoms with E-state index in [-0.39, 0.29) is 41.4 Å². The van der Waals surface area contributed by atoms with Crippen molar-refractivity contribution in [2.24, 2.45) is 0 Å². The Kier molecular flexibility index (Phi) is 10.4. The minimum atomic E-state index is -0.371. The summed E-state index contributed by atoms with van der Waals surface area (Å²) in [6.45, 7) is 10.4. The first-order chi connectivity index (χ1) is 28.2. The number of fused-ring (bicyclic) bond motifs is 3. The van der Waals surface area contributed by atoms with Crippen LogP contribution in [0.2, 0.25) is 0 Å². The lowest BCUT2D eigenvalue weighted by molar-refractivity contribution is -0.133. The number of amides is 4. The maximum absolute atomic E-state index is 13.2. The first-order valence-corrected chi connectivity index (χ1v) is 20.4. The van der Waals surface area contributed by atoms with Gasteiger partial charge in [0.2, 0.25) is 11.8 Å². The zero-order valence-electron chi connectivity index (χ0n) is 32.7. The number of benzene rings is 2. The van der Waals surface area contributed by atoms with Crippen molar-refractivity contribution in [1.29, 1.82) is 0 Å². The summed E-state index contributed by atoms with van der Waals surface area (Å²) in [5.41, 5.74) is 6.57. The molecule has 300 valence electrons. The first kappa shape index (κ1) is 37.5. The molecule has 0 spiro atoms. The Morgan fingerprint density at radius 3 is 2.34 bits per heavy atom. The van der Waals surface area contributed by atoms with Crippen molar-refractivity contribution < 1.29 is 19.2 Å². The van der Waals surface area contributed by atoms with Crippen LogP contribution in [-0.2, 0) is 22.7 Å². The molecule has 4 N–H and O–H groups in total. The average Bonchev–Trinajstić information content (AvgIpc) is 3.86. The number of nitrogens with zero attached hydrogens (tertiary/aromatic N) is 7. The second kappa shape index (κ2) is 16.1. The Labute approximate surface area is 336 Å². The summed E-state index contributed by atoms with van der Waals surface area (Å²) >= 11 is 0. The van der Waals surface area contributed by atoms with Crippen molar-refractivity contribution in [3.05, 3.63) is 102 Å². The van der Waals surface area contributed by atoms with Crippen molar-refractivity contribution in [2.45, 2.75) is 63.8 Å². The lowest BCUT2D eigenvalue weighted by atomic mass is 10.0. The van der Waals surface area contributed by atoms with Gasteiger partial charge in [0.05, 0.1) is 24.5 Å². The minimum absolute atomic E-state index is 0.0402. The normalized spacial score (nSPS) is 20.8. The quantitative estimate of drug-likeness (QED) is 0.153. The second-order valence-corrected chi connectivity index (χ2v) is 16.0. The number of hydrogen-bond acceptors (Lipinski definition) is 10. The molecule has 0 bridgehead atoms. The van der Waals surface area contributed by atoms with Gasteiger partial charge in [-0.1, -0.05) is 24.3 Å². The second-order valence-electron chi connectivity index (χ2n) is 16.0. The molecule has 4 aliphatic heterocycles. The fourth-order valence-electron chi connectivity index (χ4n) is 8.75. The van der Waals surface area contributed by atoms with Gasteiger partial charge in [-0.3, -0.25) is 39.0 Å². The standard InChI is InChI=1S/C43H49N11O4/c1-28-23-44-43(58)38-22-31-6-11-37(48-40(31)54(28)38)41(56)47-33-24-45-53(27-33)26-30-4-9-34(10-5-30)51-16-14-35(15-17-51)52-20-18-50(19-21-52)25-29-2-7-32(8-3-29)46-36-12-13-39(55)49-42(36)57/h2-11,22,24,27-28,35-36,46H,12-21,23,25-26H2,1H3,(H,44,58)(H,47,56)(H,49,55,57)/t28-,36?/m1/s1. The van der Waals surface area contributed by atoms with Gasteiger partial charge in [0, 0.05) is 87.8 Å². The highest BCUT2D eigenvalue weighted by molar-refractivity contribution is 6.05. The van der Waals surface area contributed by atoms with Crippen molar-refractivity contribution in [3.8, 4) is 0 Å². The van der Waals surface area contributed by atoms with E-state index in [1.807, 2.05) is 46.6 Å². The van der Waals surface area contributed by atoms with Gasteiger partial charge in [-0.15, -0.1) is 0 Å². The van der Waals surface area contributed by atoms with Gasteiger partial charge in [-0.25, -0.2) is 4.98 Å². The van der Waals surface area contributed by atoms with Crippen molar-refractivity contribution in [1.82, 2.24) is 39.8 Å². The number of nitrogens with one attached hydrogen (secondary N) is 4. The molecule has 15 heteroatoms. The van der Waals surface area contributed by atoms with Crippen LogP contribution in [0.15, 0.2) is 79.1 Å². The summed E-state index contributed by atoms with van der Waals surface area (Å²) in [5.74, 6) is -0.917. The van der Waals surface area contributed by atoms with Crippen LogP contribution in [-0.4, -0.2) is 111 Å². The molecular weight excluding hydrogens is 735 g/mol. The molecule has 0 saturated carbocycles. The molecule has 3 aromatic heterocycles. The summed E-state index contributed by atoms with van der Waals surface area (Å²) in [6, 6.07) is 22.6. The van der Waals surface area contributed by atoms with Crippen molar-refractivity contribution in [3.63, 3.8) is 0 Å². The maximum Gasteiger partial charge on any atom is 0.274 e. The third-order valence-corrected chi connectivity index (χ3v) is 12.0. The number of rotatable bonds is 10.